The average molecular weight is 443 g/mol. The third kappa shape index (κ3) is 3.11. The van der Waals surface area contributed by atoms with Gasteiger partial charge in [0.15, 0.2) is 18.0 Å². The third-order valence-electron chi connectivity index (χ3n) is 8.55. The van der Waals surface area contributed by atoms with Crippen LogP contribution in [0.2, 0.25) is 0 Å². The van der Waals surface area contributed by atoms with Crippen molar-refractivity contribution in [2.24, 2.45) is 28.6 Å². The lowest BCUT2D eigenvalue weighted by molar-refractivity contribution is -0.191. The fraction of sp³-hybridized carbons (Fsp3) is 0.640. The maximum atomic E-state index is 13.7. The van der Waals surface area contributed by atoms with E-state index in [1.807, 2.05) is 19.9 Å². The molecule has 0 aromatic carbocycles. The summed E-state index contributed by atoms with van der Waals surface area (Å²) >= 11 is 0. The summed E-state index contributed by atoms with van der Waals surface area (Å²) in [5.74, 6) is -1.93. The number of ketones is 3. The largest absolute Gasteiger partial charge is 0.458 e. The number of ether oxygens (including phenoxy) is 2. The van der Waals surface area contributed by atoms with Crippen LogP contribution >= 0.6 is 0 Å². The van der Waals surface area contributed by atoms with Crippen molar-refractivity contribution < 1.29 is 33.4 Å². The lowest BCUT2D eigenvalue weighted by atomic mass is 9.46. The second kappa shape index (κ2) is 7.49. The molecule has 0 bridgehead atoms. The number of Topliss-reactive ketones (excluding diaryl/α,β-unsaturated/α-hetero) is 2. The Bertz CT molecular complexity index is 975. The highest BCUT2D eigenvalue weighted by Crippen LogP contribution is 2.66. The molecule has 4 aliphatic carbocycles. The topological polar surface area (TPSA) is 104 Å². The van der Waals surface area contributed by atoms with E-state index in [9.17, 15) is 24.0 Å². The predicted octanol–water partition coefficient (Wildman–Crippen LogP) is 2.91. The third-order valence-corrected chi connectivity index (χ3v) is 8.55. The van der Waals surface area contributed by atoms with Crippen molar-refractivity contribution in [3.63, 3.8) is 0 Å². The molecular formula is C25H30O7. The van der Waals surface area contributed by atoms with E-state index in [4.69, 9.17) is 9.47 Å². The van der Waals surface area contributed by atoms with Gasteiger partial charge in [0, 0.05) is 37.0 Å². The quantitative estimate of drug-likeness (QED) is 0.617. The molecule has 3 fully saturated rings. The standard InChI is InChI=1S/C25H30O7/c1-14(26)31-13-21(30)25(32-15(2)27)10-8-19-18-6-5-16-11-17(28)7-9-23(16,3)22(18)20(29)12-24(19,25)4/h7,9,11,18-19,22H,5-6,8,10,12-13H2,1-4H3/t18-,19-,22+,23+,24+,25-/m1/s1. The minimum absolute atomic E-state index is 0.00442. The summed E-state index contributed by atoms with van der Waals surface area (Å²) in [4.78, 5) is 62.4. The highest BCUT2D eigenvalue weighted by Gasteiger charge is 2.70. The Labute approximate surface area is 187 Å². The van der Waals surface area contributed by atoms with Crippen LogP contribution in [-0.2, 0) is 33.4 Å². The fourth-order valence-corrected chi connectivity index (χ4v) is 7.23. The van der Waals surface area contributed by atoms with Crippen molar-refractivity contribution >= 4 is 29.3 Å². The Morgan fingerprint density at radius 1 is 1.09 bits per heavy atom. The number of esters is 2. The van der Waals surface area contributed by atoms with Crippen LogP contribution in [0.4, 0.5) is 0 Å². The van der Waals surface area contributed by atoms with E-state index in [0.717, 1.165) is 18.4 Å². The van der Waals surface area contributed by atoms with E-state index in [-0.39, 0.29) is 35.7 Å². The molecular weight excluding hydrogens is 412 g/mol. The van der Waals surface area contributed by atoms with Crippen LogP contribution in [0.25, 0.3) is 0 Å². The smallest absolute Gasteiger partial charge is 0.303 e. The van der Waals surface area contributed by atoms with Crippen molar-refractivity contribution in [1.29, 1.82) is 0 Å². The normalized spacial score (nSPS) is 40.0. The number of allylic oxidation sites excluding steroid dienone is 4. The molecule has 7 nitrogen and oxygen atoms in total. The van der Waals surface area contributed by atoms with Crippen molar-refractivity contribution in [2.45, 2.75) is 65.4 Å². The molecule has 32 heavy (non-hydrogen) atoms. The first-order valence-corrected chi connectivity index (χ1v) is 11.3. The number of rotatable bonds is 4. The number of hydrogen-bond donors (Lipinski definition) is 0. The first-order valence-electron chi connectivity index (χ1n) is 11.3. The van der Waals surface area contributed by atoms with Gasteiger partial charge in [0.05, 0.1) is 0 Å². The number of carbonyl (C=O) groups excluding carboxylic acids is 5. The summed E-state index contributed by atoms with van der Waals surface area (Å²) in [6.45, 7) is 5.90. The van der Waals surface area contributed by atoms with Crippen molar-refractivity contribution in [3.05, 3.63) is 23.8 Å². The summed E-state index contributed by atoms with van der Waals surface area (Å²) in [6.07, 6.45) is 7.60. The zero-order valence-electron chi connectivity index (χ0n) is 19.1. The van der Waals surface area contributed by atoms with Gasteiger partial charge in [-0.1, -0.05) is 25.5 Å². The van der Waals surface area contributed by atoms with E-state index in [0.29, 0.717) is 12.8 Å². The second-order valence-electron chi connectivity index (χ2n) is 10.2. The maximum Gasteiger partial charge on any atom is 0.303 e. The highest BCUT2D eigenvalue weighted by molar-refractivity contribution is 6.02. The fourth-order valence-electron chi connectivity index (χ4n) is 7.23. The van der Waals surface area contributed by atoms with Crippen LogP contribution in [0.1, 0.15) is 59.8 Å². The average Bonchev–Trinajstić information content (AvgIpc) is 2.98. The van der Waals surface area contributed by atoms with Gasteiger partial charge < -0.3 is 9.47 Å². The molecule has 0 heterocycles. The molecule has 0 N–H and O–H groups in total. The van der Waals surface area contributed by atoms with Crippen LogP contribution < -0.4 is 0 Å². The van der Waals surface area contributed by atoms with Crippen LogP contribution in [0, 0.1) is 28.6 Å². The summed E-state index contributed by atoms with van der Waals surface area (Å²) in [6, 6.07) is 0. The molecule has 0 saturated heterocycles. The molecule has 0 radical (unpaired) electrons. The lowest BCUT2D eigenvalue weighted by Crippen LogP contribution is -2.62. The molecule has 3 saturated carbocycles. The molecule has 0 aromatic heterocycles. The summed E-state index contributed by atoms with van der Waals surface area (Å²) in [5, 5.41) is 0. The number of hydrogen-bond acceptors (Lipinski definition) is 7. The van der Waals surface area contributed by atoms with Crippen LogP contribution in [0.3, 0.4) is 0 Å². The van der Waals surface area contributed by atoms with Crippen molar-refractivity contribution in [3.8, 4) is 0 Å². The van der Waals surface area contributed by atoms with Gasteiger partial charge in [0.25, 0.3) is 0 Å². The van der Waals surface area contributed by atoms with Gasteiger partial charge in [0.1, 0.15) is 5.78 Å². The summed E-state index contributed by atoms with van der Waals surface area (Å²) < 4.78 is 10.7. The van der Waals surface area contributed by atoms with Crippen LogP contribution in [0.15, 0.2) is 23.8 Å². The molecule has 0 amide bonds. The van der Waals surface area contributed by atoms with E-state index in [2.05, 4.69) is 0 Å². The summed E-state index contributed by atoms with van der Waals surface area (Å²) in [5.41, 5.74) is -1.88. The minimum atomic E-state index is -1.49. The Hall–Kier alpha value is -2.57. The molecule has 0 unspecified atom stereocenters. The second-order valence-corrected chi connectivity index (χ2v) is 10.2. The molecule has 7 heteroatoms. The lowest BCUT2D eigenvalue weighted by Gasteiger charge is -2.57. The van der Waals surface area contributed by atoms with E-state index in [1.165, 1.54) is 13.8 Å². The van der Waals surface area contributed by atoms with Gasteiger partial charge in [-0.3, -0.25) is 24.0 Å². The predicted molar refractivity (Wildman–Crippen MR) is 113 cm³/mol. The molecule has 0 aliphatic heterocycles. The van der Waals surface area contributed by atoms with Gasteiger partial charge in [-0.15, -0.1) is 0 Å². The maximum absolute atomic E-state index is 13.7. The Kier molecular flexibility index (Phi) is 5.30. The first-order chi connectivity index (χ1) is 14.9. The SMILES string of the molecule is CC(=O)OCC(=O)[C@]1(OC(C)=O)CC[C@@H]2[C@H]3CCC4=CC(=O)C=C[C@]4(C)[C@@H]3C(=O)C[C@@]21C. The van der Waals surface area contributed by atoms with E-state index >= 15 is 0 Å². The van der Waals surface area contributed by atoms with E-state index in [1.54, 1.807) is 12.2 Å². The Balaban J connectivity index is 1.74. The molecule has 6 atom stereocenters. The Morgan fingerprint density at radius 2 is 1.81 bits per heavy atom. The zero-order chi connectivity index (χ0) is 23.5. The minimum Gasteiger partial charge on any atom is -0.458 e. The van der Waals surface area contributed by atoms with Crippen LogP contribution in [-0.4, -0.2) is 41.5 Å². The zero-order valence-corrected chi connectivity index (χ0v) is 19.1. The van der Waals surface area contributed by atoms with Gasteiger partial charge >= 0.3 is 11.9 Å². The molecule has 172 valence electrons. The van der Waals surface area contributed by atoms with Gasteiger partial charge in [-0.05, 0) is 49.7 Å². The van der Waals surface area contributed by atoms with E-state index < -0.39 is 40.8 Å². The van der Waals surface area contributed by atoms with Gasteiger partial charge in [0.2, 0.25) is 5.78 Å². The van der Waals surface area contributed by atoms with Gasteiger partial charge in [-0.2, -0.15) is 0 Å². The highest BCUT2D eigenvalue weighted by atomic mass is 16.6. The molecule has 4 aliphatic rings. The monoisotopic (exact) mass is 442 g/mol. The molecule has 0 spiro atoms. The number of carbonyl (C=O) groups is 5. The molecule has 4 rings (SSSR count). The number of fused-ring (bicyclic) bond motifs is 5. The van der Waals surface area contributed by atoms with Crippen LogP contribution in [0.5, 0.6) is 0 Å². The Morgan fingerprint density at radius 3 is 2.47 bits per heavy atom. The van der Waals surface area contributed by atoms with Crippen molar-refractivity contribution in [2.75, 3.05) is 6.61 Å². The van der Waals surface area contributed by atoms with Crippen molar-refractivity contribution in [1.82, 2.24) is 0 Å². The molecule has 0 aromatic rings. The first kappa shape index (κ1) is 22.6. The summed E-state index contributed by atoms with van der Waals surface area (Å²) in [7, 11) is 0. The van der Waals surface area contributed by atoms with Gasteiger partial charge in [-0.25, -0.2) is 0 Å².